The number of rotatable bonds is 3. The van der Waals surface area contributed by atoms with Crippen LogP contribution in [0.15, 0.2) is 18.2 Å². The smallest absolute Gasteiger partial charge is 0.317 e. The Morgan fingerprint density at radius 1 is 1.26 bits per heavy atom. The largest absolute Gasteiger partial charge is 0.337 e. The van der Waals surface area contributed by atoms with Crippen molar-refractivity contribution in [2.24, 2.45) is 5.41 Å². The van der Waals surface area contributed by atoms with Crippen LogP contribution < -0.4 is 5.32 Å². The number of nitrogens with one attached hydrogen (secondary N) is 1. The Labute approximate surface area is 124 Å². The fourth-order valence-electron chi connectivity index (χ4n) is 1.46. The van der Waals surface area contributed by atoms with Crippen LogP contribution in [-0.2, 0) is 6.54 Å². The highest BCUT2D eigenvalue weighted by Gasteiger charge is 2.14. The quantitative estimate of drug-likeness (QED) is 0.892. The molecule has 0 atom stereocenters. The molecule has 3 nitrogen and oxygen atoms in total. The van der Waals surface area contributed by atoms with E-state index in [4.69, 9.17) is 23.2 Å². The fraction of sp³-hybridized carbons (Fsp3) is 0.500. The molecule has 0 radical (unpaired) electrons. The molecule has 106 valence electrons. The predicted octanol–water partition coefficient (Wildman–Crippen LogP) is 4.18. The molecule has 0 aromatic heterocycles. The van der Waals surface area contributed by atoms with Crippen LogP contribution in [0, 0.1) is 5.41 Å². The van der Waals surface area contributed by atoms with Gasteiger partial charge in [-0.15, -0.1) is 0 Å². The van der Waals surface area contributed by atoms with Crippen molar-refractivity contribution in [1.29, 1.82) is 0 Å². The number of carbonyl (C=O) groups is 1. The van der Waals surface area contributed by atoms with Gasteiger partial charge in [-0.3, -0.25) is 0 Å². The molecule has 19 heavy (non-hydrogen) atoms. The summed E-state index contributed by atoms with van der Waals surface area (Å²) >= 11 is 11.8. The number of nitrogens with zero attached hydrogens (tertiary/aromatic N) is 1. The molecule has 1 rings (SSSR count). The maximum absolute atomic E-state index is 11.9. The highest BCUT2D eigenvalue weighted by Crippen LogP contribution is 2.23. The molecule has 1 aromatic carbocycles. The van der Waals surface area contributed by atoms with Crippen molar-refractivity contribution >= 4 is 29.2 Å². The Balaban J connectivity index is 2.56. The number of carbonyl (C=O) groups excluding carboxylic acids is 1. The Morgan fingerprint density at radius 2 is 1.89 bits per heavy atom. The van der Waals surface area contributed by atoms with E-state index in [0.717, 1.165) is 5.56 Å². The Kier molecular flexibility index (Phi) is 5.50. The van der Waals surface area contributed by atoms with Gasteiger partial charge >= 0.3 is 6.03 Å². The lowest BCUT2D eigenvalue weighted by Crippen LogP contribution is -2.40. The van der Waals surface area contributed by atoms with Gasteiger partial charge in [-0.25, -0.2) is 4.79 Å². The van der Waals surface area contributed by atoms with E-state index < -0.39 is 0 Å². The van der Waals surface area contributed by atoms with Gasteiger partial charge in [0.15, 0.2) is 0 Å². The molecular weight excluding hydrogens is 283 g/mol. The number of hydrogen-bond acceptors (Lipinski definition) is 1. The number of urea groups is 1. The Bertz CT molecular complexity index is 455. The molecular formula is C14H20Cl2N2O. The predicted molar refractivity (Wildman–Crippen MR) is 80.8 cm³/mol. The van der Waals surface area contributed by atoms with Crippen molar-refractivity contribution in [1.82, 2.24) is 10.2 Å². The van der Waals surface area contributed by atoms with Crippen molar-refractivity contribution in [3.05, 3.63) is 33.8 Å². The normalized spacial score (nSPS) is 11.3. The summed E-state index contributed by atoms with van der Waals surface area (Å²) in [5, 5.41) is 3.92. The van der Waals surface area contributed by atoms with E-state index in [9.17, 15) is 4.79 Å². The second-order valence-electron chi connectivity index (χ2n) is 5.82. The lowest BCUT2D eigenvalue weighted by atomic mass is 9.97. The van der Waals surface area contributed by atoms with E-state index in [1.807, 2.05) is 6.07 Å². The van der Waals surface area contributed by atoms with Crippen molar-refractivity contribution in [3.63, 3.8) is 0 Å². The monoisotopic (exact) mass is 302 g/mol. The van der Waals surface area contributed by atoms with Gasteiger partial charge in [0.05, 0.1) is 10.0 Å². The molecule has 2 amide bonds. The summed E-state index contributed by atoms with van der Waals surface area (Å²) in [7, 11) is 1.75. The first-order valence-corrected chi connectivity index (χ1v) is 6.87. The number of hydrogen-bond donors (Lipinski definition) is 1. The van der Waals surface area contributed by atoms with Gasteiger partial charge in [0.25, 0.3) is 0 Å². The van der Waals surface area contributed by atoms with Crippen LogP contribution in [0.3, 0.4) is 0 Å². The molecule has 0 saturated heterocycles. The van der Waals surface area contributed by atoms with Gasteiger partial charge in [0, 0.05) is 20.1 Å². The van der Waals surface area contributed by atoms with Crippen molar-refractivity contribution < 1.29 is 4.79 Å². The fourth-order valence-corrected chi connectivity index (χ4v) is 1.78. The maximum Gasteiger partial charge on any atom is 0.317 e. The van der Waals surface area contributed by atoms with Crippen molar-refractivity contribution in [3.8, 4) is 0 Å². The summed E-state index contributed by atoms with van der Waals surface area (Å²) in [5.74, 6) is 0. The van der Waals surface area contributed by atoms with E-state index in [0.29, 0.717) is 23.1 Å². The minimum Gasteiger partial charge on any atom is -0.337 e. The summed E-state index contributed by atoms with van der Waals surface area (Å²) in [5.41, 5.74) is 1.02. The van der Waals surface area contributed by atoms with E-state index in [2.05, 4.69) is 26.1 Å². The van der Waals surface area contributed by atoms with Crippen LogP contribution in [-0.4, -0.2) is 24.5 Å². The topological polar surface area (TPSA) is 32.3 Å². The van der Waals surface area contributed by atoms with Crippen LogP contribution in [0.1, 0.15) is 26.3 Å². The molecule has 0 aliphatic heterocycles. The third-order valence-electron chi connectivity index (χ3n) is 2.52. The third-order valence-corrected chi connectivity index (χ3v) is 3.26. The van der Waals surface area contributed by atoms with Gasteiger partial charge in [-0.1, -0.05) is 50.0 Å². The molecule has 0 saturated carbocycles. The molecule has 0 unspecified atom stereocenters. The molecule has 0 aliphatic carbocycles. The van der Waals surface area contributed by atoms with Crippen LogP contribution in [0.25, 0.3) is 0 Å². The van der Waals surface area contributed by atoms with Gasteiger partial charge in [-0.2, -0.15) is 0 Å². The van der Waals surface area contributed by atoms with Crippen LogP contribution in [0.5, 0.6) is 0 Å². The van der Waals surface area contributed by atoms with Gasteiger partial charge in [-0.05, 0) is 23.1 Å². The van der Waals surface area contributed by atoms with Crippen molar-refractivity contribution in [2.45, 2.75) is 27.3 Å². The minimum absolute atomic E-state index is 0.0695. The minimum atomic E-state index is -0.0963. The number of amides is 2. The van der Waals surface area contributed by atoms with E-state index in [-0.39, 0.29) is 11.4 Å². The molecule has 1 N–H and O–H groups in total. The standard InChI is InChI=1S/C14H20Cl2N2O/c1-14(2,3)9-17-13(19)18(4)8-10-5-6-11(15)12(16)7-10/h5-7H,8-9H2,1-4H3,(H,17,19). The van der Waals surface area contributed by atoms with Gasteiger partial charge in [0.1, 0.15) is 0 Å². The van der Waals surface area contributed by atoms with Gasteiger partial charge < -0.3 is 10.2 Å². The zero-order valence-corrected chi connectivity index (χ0v) is 13.3. The van der Waals surface area contributed by atoms with Crippen molar-refractivity contribution in [2.75, 3.05) is 13.6 Å². The summed E-state index contributed by atoms with van der Waals surface area (Å²) in [6.45, 7) is 7.36. The van der Waals surface area contributed by atoms with Crippen LogP contribution >= 0.6 is 23.2 Å². The maximum atomic E-state index is 11.9. The first kappa shape index (κ1) is 16.1. The summed E-state index contributed by atoms with van der Waals surface area (Å²) in [4.78, 5) is 13.5. The first-order chi connectivity index (χ1) is 8.69. The molecule has 0 aliphatic rings. The van der Waals surface area contributed by atoms with Crippen LogP contribution in [0.2, 0.25) is 10.0 Å². The highest BCUT2D eigenvalue weighted by atomic mass is 35.5. The van der Waals surface area contributed by atoms with E-state index in [1.54, 1.807) is 24.1 Å². The average molecular weight is 303 g/mol. The molecule has 0 spiro atoms. The highest BCUT2D eigenvalue weighted by molar-refractivity contribution is 6.42. The van der Waals surface area contributed by atoms with Crippen LogP contribution in [0.4, 0.5) is 4.79 Å². The Hall–Kier alpha value is -0.930. The van der Waals surface area contributed by atoms with Gasteiger partial charge in [0.2, 0.25) is 0 Å². The number of benzene rings is 1. The Morgan fingerprint density at radius 3 is 2.42 bits per heavy atom. The average Bonchev–Trinajstić information content (AvgIpc) is 2.29. The molecule has 1 aromatic rings. The molecule has 0 heterocycles. The lowest BCUT2D eigenvalue weighted by molar-refractivity contribution is 0.202. The molecule has 5 heteroatoms. The third kappa shape index (κ3) is 5.70. The summed E-state index contributed by atoms with van der Waals surface area (Å²) in [6, 6.07) is 5.28. The number of halogens is 2. The SMILES string of the molecule is CN(Cc1ccc(Cl)c(Cl)c1)C(=O)NCC(C)(C)C. The second-order valence-corrected chi connectivity index (χ2v) is 6.64. The zero-order valence-electron chi connectivity index (χ0n) is 11.8. The van der Waals surface area contributed by atoms with E-state index >= 15 is 0 Å². The molecule has 0 bridgehead atoms. The second kappa shape index (κ2) is 6.49. The molecule has 0 fully saturated rings. The summed E-state index contributed by atoms with van der Waals surface area (Å²) < 4.78 is 0. The first-order valence-electron chi connectivity index (χ1n) is 6.12. The van der Waals surface area contributed by atoms with E-state index in [1.165, 1.54) is 0 Å². The summed E-state index contributed by atoms with van der Waals surface area (Å²) in [6.07, 6.45) is 0. The zero-order chi connectivity index (χ0) is 14.6. The lowest BCUT2D eigenvalue weighted by Gasteiger charge is -2.23.